The molecule has 1 fully saturated rings. The minimum atomic E-state index is -0.238. The molecule has 1 aromatic carbocycles. The third-order valence-corrected chi connectivity index (χ3v) is 3.19. The fourth-order valence-corrected chi connectivity index (χ4v) is 2.20. The predicted molar refractivity (Wildman–Crippen MR) is 74.4 cm³/mol. The van der Waals surface area contributed by atoms with E-state index in [4.69, 9.17) is 11.6 Å². The van der Waals surface area contributed by atoms with E-state index in [9.17, 15) is 9.59 Å². The van der Waals surface area contributed by atoms with Crippen molar-refractivity contribution in [3.8, 4) is 0 Å². The summed E-state index contributed by atoms with van der Waals surface area (Å²) in [6, 6.07) is 6.69. The highest BCUT2D eigenvalue weighted by atomic mass is 35.5. The van der Waals surface area contributed by atoms with Crippen LogP contribution >= 0.6 is 11.6 Å². The van der Waals surface area contributed by atoms with Crippen LogP contribution in [-0.2, 0) is 4.79 Å². The fourth-order valence-electron chi connectivity index (χ4n) is 2.07. The summed E-state index contributed by atoms with van der Waals surface area (Å²) in [6.07, 6.45) is 0.319. The van der Waals surface area contributed by atoms with Crippen LogP contribution < -0.4 is 15.5 Å². The van der Waals surface area contributed by atoms with E-state index in [-0.39, 0.29) is 18.0 Å². The lowest BCUT2D eigenvalue weighted by molar-refractivity contribution is -0.117. The third-order valence-electron chi connectivity index (χ3n) is 2.94. The second-order valence-corrected chi connectivity index (χ2v) is 4.82. The van der Waals surface area contributed by atoms with Gasteiger partial charge in [-0.1, -0.05) is 11.6 Å². The summed E-state index contributed by atoms with van der Waals surface area (Å²) in [5, 5.41) is 6.07. The van der Waals surface area contributed by atoms with Crippen LogP contribution in [0.5, 0.6) is 0 Å². The van der Waals surface area contributed by atoms with E-state index in [1.54, 1.807) is 29.2 Å². The molecule has 2 N–H and O–H groups in total. The molecule has 1 saturated heterocycles. The Morgan fingerprint density at radius 3 is 2.74 bits per heavy atom. The van der Waals surface area contributed by atoms with E-state index >= 15 is 0 Å². The lowest BCUT2D eigenvalue weighted by atomic mass is 10.2. The lowest BCUT2D eigenvalue weighted by Gasteiger charge is -2.17. The van der Waals surface area contributed by atoms with Crippen molar-refractivity contribution in [1.29, 1.82) is 0 Å². The average Bonchev–Trinajstić information content (AvgIpc) is 2.71. The fraction of sp³-hybridized carbons (Fsp3) is 0.385. The van der Waals surface area contributed by atoms with Crippen LogP contribution in [0.1, 0.15) is 13.3 Å². The van der Waals surface area contributed by atoms with Gasteiger partial charge in [0.05, 0.1) is 6.04 Å². The molecule has 1 aliphatic heterocycles. The van der Waals surface area contributed by atoms with Gasteiger partial charge < -0.3 is 15.5 Å². The summed E-state index contributed by atoms with van der Waals surface area (Å²) in [7, 11) is 0. The molecule has 1 aliphatic rings. The zero-order valence-electron chi connectivity index (χ0n) is 10.6. The van der Waals surface area contributed by atoms with Gasteiger partial charge in [-0.3, -0.25) is 4.79 Å². The molecule has 0 aliphatic carbocycles. The Kier molecular flexibility index (Phi) is 4.27. The number of urea groups is 1. The van der Waals surface area contributed by atoms with Crippen LogP contribution in [0.4, 0.5) is 10.5 Å². The number of hydrogen-bond acceptors (Lipinski definition) is 2. The SMILES string of the molecule is CCNC(=O)N[C@H]1CC(=O)N(c2ccc(Cl)cc2)C1. The second kappa shape index (κ2) is 5.93. The van der Waals surface area contributed by atoms with Gasteiger partial charge in [-0.15, -0.1) is 0 Å². The van der Waals surface area contributed by atoms with Crippen LogP contribution in [0.15, 0.2) is 24.3 Å². The van der Waals surface area contributed by atoms with Gasteiger partial charge in [0, 0.05) is 30.2 Å². The quantitative estimate of drug-likeness (QED) is 0.887. The number of nitrogens with one attached hydrogen (secondary N) is 2. The predicted octanol–water partition coefficient (Wildman–Crippen LogP) is 1.76. The zero-order valence-corrected chi connectivity index (χ0v) is 11.4. The van der Waals surface area contributed by atoms with Gasteiger partial charge in [-0.25, -0.2) is 4.79 Å². The van der Waals surface area contributed by atoms with Crippen molar-refractivity contribution in [3.63, 3.8) is 0 Å². The Morgan fingerprint density at radius 1 is 1.42 bits per heavy atom. The number of rotatable bonds is 3. The van der Waals surface area contributed by atoms with Crippen LogP contribution in [-0.4, -0.2) is 31.1 Å². The molecule has 0 saturated carbocycles. The largest absolute Gasteiger partial charge is 0.338 e. The number of hydrogen-bond donors (Lipinski definition) is 2. The Balaban J connectivity index is 1.99. The highest BCUT2D eigenvalue weighted by Gasteiger charge is 2.31. The Morgan fingerprint density at radius 2 is 2.11 bits per heavy atom. The van der Waals surface area contributed by atoms with E-state index in [1.807, 2.05) is 6.92 Å². The molecule has 0 unspecified atom stereocenters. The number of halogens is 1. The molecule has 0 aromatic heterocycles. The molecule has 1 aromatic rings. The summed E-state index contributed by atoms with van der Waals surface area (Å²) < 4.78 is 0. The van der Waals surface area contributed by atoms with E-state index in [0.717, 1.165) is 5.69 Å². The highest BCUT2D eigenvalue weighted by molar-refractivity contribution is 6.30. The maximum atomic E-state index is 11.9. The van der Waals surface area contributed by atoms with Gasteiger partial charge in [-0.05, 0) is 31.2 Å². The molecule has 2 rings (SSSR count). The smallest absolute Gasteiger partial charge is 0.315 e. The number of benzene rings is 1. The first-order chi connectivity index (χ1) is 9.10. The Bertz CT molecular complexity index is 475. The van der Waals surface area contributed by atoms with Crippen molar-refractivity contribution >= 4 is 29.2 Å². The number of carbonyl (C=O) groups excluding carboxylic acids is 2. The van der Waals surface area contributed by atoms with Gasteiger partial charge in [0.15, 0.2) is 0 Å². The lowest BCUT2D eigenvalue weighted by Crippen LogP contribution is -2.43. The van der Waals surface area contributed by atoms with Crippen molar-refractivity contribution in [1.82, 2.24) is 10.6 Å². The van der Waals surface area contributed by atoms with E-state index in [1.165, 1.54) is 0 Å². The van der Waals surface area contributed by atoms with Gasteiger partial charge >= 0.3 is 6.03 Å². The first-order valence-corrected chi connectivity index (χ1v) is 6.58. The first-order valence-electron chi connectivity index (χ1n) is 6.20. The first kappa shape index (κ1) is 13.7. The molecule has 0 bridgehead atoms. The maximum Gasteiger partial charge on any atom is 0.315 e. The molecule has 19 heavy (non-hydrogen) atoms. The molecule has 0 spiro atoms. The normalized spacial score (nSPS) is 18.5. The second-order valence-electron chi connectivity index (χ2n) is 4.39. The molecule has 5 nitrogen and oxygen atoms in total. The van der Waals surface area contributed by atoms with Gasteiger partial charge in [0.25, 0.3) is 0 Å². The zero-order chi connectivity index (χ0) is 13.8. The van der Waals surface area contributed by atoms with Crippen LogP contribution in [0, 0.1) is 0 Å². The topological polar surface area (TPSA) is 61.4 Å². The summed E-state index contributed by atoms with van der Waals surface area (Å²) in [6.45, 7) is 2.89. The van der Waals surface area contributed by atoms with Crippen LogP contribution in [0.2, 0.25) is 5.02 Å². The number of amides is 3. The molecule has 1 heterocycles. The third kappa shape index (κ3) is 3.38. The standard InChI is InChI=1S/C13H16ClN3O2/c1-2-15-13(19)16-10-7-12(18)17(8-10)11-5-3-9(14)4-6-11/h3-6,10H,2,7-8H2,1H3,(H2,15,16,19)/t10-/m0/s1. The number of carbonyl (C=O) groups is 2. The van der Waals surface area contributed by atoms with Crippen molar-refractivity contribution in [2.45, 2.75) is 19.4 Å². The Hall–Kier alpha value is -1.75. The molecular formula is C13H16ClN3O2. The van der Waals surface area contributed by atoms with Crippen molar-refractivity contribution < 1.29 is 9.59 Å². The highest BCUT2D eigenvalue weighted by Crippen LogP contribution is 2.23. The van der Waals surface area contributed by atoms with E-state index < -0.39 is 0 Å². The minimum Gasteiger partial charge on any atom is -0.338 e. The van der Waals surface area contributed by atoms with Crippen molar-refractivity contribution in [2.24, 2.45) is 0 Å². The van der Waals surface area contributed by atoms with Crippen molar-refractivity contribution in [2.75, 3.05) is 18.0 Å². The van der Waals surface area contributed by atoms with Gasteiger partial charge in [0.1, 0.15) is 0 Å². The molecule has 1 atom stereocenters. The molecule has 6 heteroatoms. The molecule has 3 amide bonds. The van der Waals surface area contributed by atoms with Gasteiger partial charge in [0.2, 0.25) is 5.91 Å². The molecular weight excluding hydrogens is 266 g/mol. The minimum absolute atomic E-state index is 0.00382. The van der Waals surface area contributed by atoms with Crippen LogP contribution in [0.3, 0.4) is 0 Å². The Labute approximate surface area is 116 Å². The molecule has 102 valence electrons. The molecule has 0 radical (unpaired) electrons. The average molecular weight is 282 g/mol. The van der Waals surface area contributed by atoms with E-state index in [0.29, 0.717) is 24.5 Å². The van der Waals surface area contributed by atoms with Crippen molar-refractivity contribution in [3.05, 3.63) is 29.3 Å². The number of anilines is 1. The summed E-state index contributed by atoms with van der Waals surface area (Å²) in [5.74, 6) is 0.00382. The van der Waals surface area contributed by atoms with Gasteiger partial charge in [-0.2, -0.15) is 0 Å². The number of nitrogens with zero attached hydrogens (tertiary/aromatic N) is 1. The van der Waals surface area contributed by atoms with Crippen LogP contribution in [0.25, 0.3) is 0 Å². The van der Waals surface area contributed by atoms with E-state index in [2.05, 4.69) is 10.6 Å². The maximum absolute atomic E-state index is 11.9. The summed E-state index contributed by atoms with van der Waals surface area (Å²) in [5.41, 5.74) is 0.801. The summed E-state index contributed by atoms with van der Waals surface area (Å²) in [4.78, 5) is 25.0. The monoisotopic (exact) mass is 281 g/mol. The summed E-state index contributed by atoms with van der Waals surface area (Å²) >= 11 is 5.82.